The second-order valence-corrected chi connectivity index (χ2v) is 6.87. The molecule has 3 N–H and O–H groups in total. The van der Waals surface area contributed by atoms with Crippen LogP contribution < -0.4 is 16.0 Å². The van der Waals surface area contributed by atoms with Crippen LogP contribution in [-0.4, -0.2) is 29.9 Å². The van der Waals surface area contributed by atoms with Gasteiger partial charge in [-0.1, -0.05) is 19.9 Å². The maximum atomic E-state index is 13.1. The van der Waals surface area contributed by atoms with Gasteiger partial charge >= 0.3 is 0 Å². The van der Waals surface area contributed by atoms with Gasteiger partial charge in [0, 0.05) is 17.6 Å². The van der Waals surface area contributed by atoms with E-state index in [0.29, 0.717) is 30.7 Å². The Morgan fingerprint density at radius 3 is 2.81 bits per heavy atom. The molecule has 0 aliphatic carbocycles. The zero-order chi connectivity index (χ0) is 18.9. The summed E-state index contributed by atoms with van der Waals surface area (Å²) in [6.45, 7) is 7.30. The van der Waals surface area contributed by atoms with Gasteiger partial charge in [-0.15, -0.1) is 11.3 Å². The molecule has 0 saturated carbocycles. The third-order valence-electron chi connectivity index (χ3n) is 3.40. The van der Waals surface area contributed by atoms with Crippen LogP contribution in [0.2, 0.25) is 0 Å². The van der Waals surface area contributed by atoms with Crippen LogP contribution in [0.5, 0.6) is 0 Å². The van der Waals surface area contributed by atoms with Gasteiger partial charge in [0.15, 0.2) is 5.96 Å². The molecule has 140 valence electrons. The molecule has 0 radical (unpaired) electrons. The molecule has 2 aromatic rings. The van der Waals surface area contributed by atoms with Crippen molar-refractivity contribution >= 4 is 28.9 Å². The van der Waals surface area contributed by atoms with E-state index in [0.717, 1.165) is 10.7 Å². The van der Waals surface area contributed by atoms with Crippen molar-refractivity contribution in [3.63, 3.8) is 0 Å². The summed E-state index contributed by atoms with van der Waals surface area (Å²) < 4.78 is 13.1. The minimum absolute atomic E-state index is 0.0685. The highest BCUT2D eigenvalue weighted by Gasteiger charge is 2.07. The smallest absolute Gasteiger partial charge is 0.246 e. The van der Waals surface area contributed by atoms with E-state index in [9.17, 15) is 9.18 Å². The van der Waals surface area contributed by atoms with Crippen molar-refractivity contribution in [3.05, 3.63) is 46.2 Å². The standard InChI is InChI=1S/C18H24FN5OS/c1-4-20-18(22-10-17-24-15(11-26-17)12(2)3)21-9-16(25)23-14-7-5-6-13(19)8-14/h5-8,11-12H,4,9-10H2,1-3H3,(H,23,25)(H2,20,21,22). The Labute approximate surface area is 157 Å². The van der Waals surface area contributed by atoms with Gasteiger partial charge in [-0.05, 0) is 31.0 Å². The molecule has 1 aromatic carbocycles. The first-order chi connectivity index (χ1) is 12.5. The molecule has 6 nitrogen and oxygen atoms in total. The molecule has 1 amide bonds. The van der Waals surface area contributed by atoms with E-state index in [1.807, 2.05) is 6.92 Å². The molecular weight excluding hydrogens is 353 g/mol. The highest BCUT2D eigenvalue weighted by molar-refractivity contribution is 7.09. The first-order valence-electron chi connectivity index (χ1n) is 8.49. The molecule has 0 spiro atoms. The molecule has 0 unspecified atom stereocenters. The van der Waals surface area contributed by atoms with Crippen LogP contribution in [0.25, 0.3) is 0 Å². The lowest BCUT2D eigenvalue weighted by atomic mass is 10.2. The number of guanidine groups is 1. The lowest BCUT2D eigenvalue weighted by Crippen LogP contribution is -2.37. The summed E-state index contributed by atoms with van der Waals surface area (Å²) in [6.07, 6.45) is 0. The maximum absolute atomic E-state index is 13.1. The van der Waals surface area contributed by atoms with Crippen molar-refractivity contribution in [3.8, 4) is 0 Å². The summed E-state index contributed by atoms with van der Waals surface area (Å²) in [6, 6.07) is 5.76. The monoisotopic (exact) mass is 377 g/mol. The zero-order valence-corrected chi connectivity index (χ0v) is 16.0. The van der Waals surface area contributed by atoms with Gasteiger partial charge in [0.25, 0.3) is 0 Å². The van der Waals surface area contributed by atoms with Crippen LogP contribution in [0, 0.1) is 5.82 Å². The number of benzene rings is 1. The number of nitrogens with one attached hydrogen (secondary N) is 3. The van der Waals surface area contributed by atoms with Crippen LogP contribution in [-0.2, 0) is 11.3 Å². The highest BCUT2D eigenvalue weighted by Crippen LogP contribution is 2.17. The second kappa shape index (κ2) is 9.86. The van der Waals surface area contributed by atoms with Gasteiger partial charge in [0.05, 0.1) is 12.2 Å². The number of anilines is 1. The van der Waals surface area contributed by atoms with E-state index in [1.165, 1.54) is 12.1 Å². The summed E-state index contributed by atoms with van der Waals surface area (Å²) in [5.74, 6) is 0.214. The fourth-order valence-corrected chi connectivity index (χ4v) is 2.99. The number of amides is 1. The van der Waals surface area contributed by atoms with E-state index in [-0.39, 0.29) is 12.5 Å². The number of aliphatic imine (C=N–C) groups is 1. The number of thiazole rings is 1. The first-order valence-corrected chi connectivity index (χ1v) is 9.37. The fourth-order valence-electron chi connectivity index (χ4n) is 2.09. The Morgan fingerprint density at radius 2 is 2.15 bits per heavy atom. The molecule has 1 aromatic heterocycles. The van der Waals surface area contributed by atoms with Crippen LogP contribution in [0.15, 0.2) is 34.6 Å². The van der Waals surface area contributed by atoms with E-state index >= 15 is 0 Å². The number of halogens is 1. The maximum Gasteiger partial charge on any atom is 0.246 e. The van der Waals surface area contributed by atoms with E-state index in [2.05, 4.69) is 45.2 Å². The summed E-state index contributed by atoms with van der Waals surface area (Å²) in [5, 5.41) is 11.9. The van der Waals surface area contributed by atoms with Crippen LogP contribution in [0.1, 0.15) is 37.4 Å². The average Bonchev–Trinajstić information content (AvgIpc) is 3.07. The molecule has 2 rings (SSSR count). The van der Waals surface area contributed by atoms with Crippen molar-refractivity contribution < 1.29 is 9.18 Å². The van der Waals surface area contributed by atoms with Crippen molar-refractivity contribution in [1.82, 2.24) is 15.6 Å². The highest BCUT2D eigenvalue weighted by atomic mass is 32.1. The third kappa shape index (κ3) is 6.44. The number of carbonyl (C=O) groups excluding carboxylic acids is 1. The molecule has 0 atom stereocenters. The molecule has 8 heteroatoms. The van der Waals surface area contributed by atoms with Gasteiger partial charge in [0.1, 0.15) is 17.4 Å². The first kappa shape index (κ1) is 19.8. The number of rotatable bonds is 7. The molecule has 0 aliphatic heterocycles. The van der Waals surface area contributed by atoms with Crippen LogP contribution >= 0.6 is 11.3 Å². The molecule has 0 fully saturated rings. The van der Waals surface area contributed by atoms with Gasteiger partial charge < -0.3 is 16.0 Å². The van der Waals surface area contributed by atoms with Gasteiger partial charge in [-0.2, -0.15) is 0 Å². The van der Waals surface area contributed by atoms with Crippen LogP contribution in [0.4, 0.5) is 10.1 Å². The lowest BCUT2D eigenvalue weighted by Gasteiger charge is -2.10. The average molecular weight is 377 g/mol. The Hall–Kier alpha value is -2.48. The second-order valence-electron chi connectivity index (χ2n) is 5.93. The molecular formula is C18H24FN5OS. The van der Waals surface area contributed by atoms with Gasteiger partial charge in [-0.3, -0.25) is 4.79 Å². The molecule has 0 bridgehead atoms. The largest absolute Gasteiger partial charge is 0.357 e. The van der Waals surface area contributed by atoms with Gasteiger partial charge in [0.2, 0.25) is 5.91 Å². The summed E-state index contributed by atoms with van der Waals surface area (Å²) in [7, 11) is 0. The predicted molar refractivity (Wildman–Crippen MR) is 104 cm³/mol. The number of carbonyl (C=O) groups is 1. The minimum Gasteiger partial charge on any atom is -0.357 e. The number of hydrogen-bond acceptors (Lipinski definition) is 4. The Kier molecular flexibility index (Phi) is 7.53. The van der Waals surface area contributed by atoms with E-state index in [1.54, 1.807) is 23.5 Å². The zero-order valence-electron chi connectivity index (χ0n) is 15.2. The van der Waals surface area contributed by atoms with E-state index in [4.69, 9.17) is 0 Å². The number of aromatic nitrogens is 1. The van der Waals surface area contributed by atoms with Gasteiger partial charge in [-0.25, -0.2) is 14.4 Å². The summed E-state index contributed by atoms with van der Waals surface area (Å²) in [5.41, 5.74) is 1.48. The molecule has 0 saturated heterocycles. The van der Waals surface area contributed by atoms with Crippen molar-refractivity contribution in [2.75, 3.05) is 18.4 Å². The molecule has 1 heterocycles. The van der Waals surface area contributed by atoms with Crippen LogP contribution in [0.3, 0.4) is 0 Å². The summed E-state index contributed by atoms with van der Waals surface area (Å²) >= 11 is 1.59. The number of hydrogen-bond donors (Lipinski definition) is 3. The topological polar surface area (TPSA) is 78.4 Å². The van der Waals surface area contributed by atoms with Crippen molar-refractivity contribution in [2.45, 2.75) is 33.2 Å². The van der Waals surface area contributed by atoms with Crippen molar-refractivity contribution in [2.24, 2.45) is 4.99 Å². The third-order valence-corrected chi connectivity index (χ3v) is 4.27. The van der Waals surface area contributed by atoms with Crippen molar-refractivity contribution in [1.29, 1.82) is 0 Å². The Bertz CT molecular complexity index is 760. The Morgan fingerprint density at radius 1 is 1.35 bits per heavy atom. The minimum atomic E-state index is -0.398. The quantitative estimate of drug-likeness (QED) is 0.512. The molecule has 0 aliphatic rings. The fraction of sp³-hybridized carbons (Fsp3) is 0.389. The SMILES string of the molecule is CCNC(=NCC(=O)Nc1cccc(F)c1)NCc1nc(C(C)C)cs1. The molecule has 26 heavy (non-hydrogen) atoms. The normalized spacial score (nSPS) is 11.5. The predicted octanol–water partition coefficient (Wildman–Crippen LogP) is 3.10. The lowest BCUT2D eigenvalue weighted by molar-refractivity contribution is -0.114. The van der Waals surface area contributed by atoms with E-state index < -0.39 is 5.82 Å². The number of nitrogens with zero attached hydrogens (tertiary/aromatic N) is 2. The Balaban J connectivity index is 1.89. The summed E-state index contributed by atoms with van der Waals surface area (Å²) in [4.78, 5) is 20.8.